The molecule has 1 aromatic heterocycles. The number of aryl methyl sites for hydroxylation is 2. The van der Waals surface area contributed by atoms with E-state index in [4.69, 9.17) is 23.2 Å². The Kier molecular flexibility index (Phi) is 4.84. The van der Waals surface area contributed by atoms with E-state index in [0.29, 0.717) is 16.0 Å². The van der Waals surface area contributed by atoms with Crippen molar-refractivity contribution in [1.82, 2.24) is 9.97 Å². The summed E-state index contributed by atoms with van der Waals surface area (Å²) in [6.07, 6.45) is 1.78. The molecule has 1 aromatic carbocycles. The largest absolute Gasteiger partial charge is 0.338 e. The van der Waals surface area contributed by atoms with Crippen LogP contribution in [0.1, 0.15) is 30.3 Å². The van der Waals surface area contributed by atoms with Crippen LogP contribution in [0.5, 0.6) is 0 Å². The fraction of sp³-hybridized carbons (Fsp3) is 0.333. The third-order valence-electron chi connectivity index (χ3n) is 3.07. The lowest BCUT2D eigenvalue weighted by Gasteiger charge is -2.14. The number of rotatable bonds is 4. The molecule has 0 spiro atoms. The van der Waals surface area contributed by atoms with Crippen LogP contribution in [0.4, 0.5) is 11.5 Å². The minimum Gasteiger partial charge on any atom is -0.338 e. The number of hydrogen-bond acceptors (Lipinski definition) is 3. The molecule has 0 saturated carbocycles. The monoisotopic (exact) mass is 309 g/mol. The fourth-order valence-corrected chi connectivity index (χ4v) is 2.35. The molecule has 0 aliphatic carbocycles. The van der Waals surface area contributed by atoms with Gasteiger partial charge in [0.15, 0.2) is 0 Å². The lowest BCUT2D eigenvalue weighted by Crippen LogP contribution is -2.04. The van der Waals surface area contributed by atoms with Crippen LogP contribution in [-0.2, 0) is 6.42 Å². The highest BCUT2D eigenvalue weighted by Crippen LogP contribution is 2.30. The second-order valence-electron chi connectivity index (χ2n) is 4.71. The number of para-hydroxylation sites is 1. The molecule has 0 saturated heterocycles. The van der Waals surface area contributed by atoms with Gasteiger partial charge in [0.25, 0.3) is 0 Å². The first-order chi connectivity index (χ1) is 9.52. The van der Waals surface area contributed by atoms with E-state index < -0.39 is 0 Å². The second kappa shape index (κ2) is 6.42. The van der Waals surface area contributed by atoms with E-state index >= 15 is 0 Å². The van der Waals surface area contributed by atoms with Gasteiger partial charge in [-0.2, -0.15) is 0 Å². The molecule has 3 nitrogen and oxygen atoms in total. The Morgan fingerprint density at radius 1 is 1.15 bits per heavy atom. The SMILES string of the molecule is CCCc1nc(Cl)c(C)c(Nc2c(C)cccc2Cl)n1. The van der Waals surface area contributed by atoms with Gasteiger partial charge in [0.2, 0.25) is 0 Å². The predicted molar refractivity (Wildman–Crippen MR) is 85.2 cm³/mol. The minimum atomic E-state index is 0.482. The van der Waals surface area contributed by atoms with Crippen molar-refractivity contribution in [2.75, 3.05) is 5.32 Å². The van der Waals surface area contributed by atoms with Crippen molar-refractivity contribution in [3.05, 3.63) is 45.3 Å². The van der Waals surface area contributed by atoms with Gasteiger partial charge in [-0.1, -0.05) is 42.3 Å². The summed E-state index contributed by atoms with van der Waals surface area (Å²) in [5, 5.41) is 4.43. The van der Waals surface area contributed by atoms with Crippen LogP contribution in [0.25, 0.3) is 0 Å². The summed E-state index contributed by atoms with van der Waals surface area (Å²) in [7, 11) is 0. The number of nitrogens with one attached hydrogen (secondary N) is 1. The van der Waals surface area contributed by atoms with Crippen LogP contribution < -0.4 is 5.32 Å². The van der Waals surface area contributed by atoms with E-state index in [2.05, 4.69) is 22.2 Å². The van der Waals surface area contributed by atoms with Gasteiger partial charge in [0, 0.05) is 12.0 Å². The van der Waals surface area contributed by atoms with Gasteiger partial charge in [-0.05, 0) is 31.9 Å². The van der Waals surface area contributed by atoms with E-state index in [1.54, 1.807) is 0 Å². The third-order valence-corrected chi connectivity index (χ3v) is 3.75. The molecule has 0 aliphatic rings. The van der Waals surface area contributed by atoms with Crippen molar-refractivity contribution >= 4 is 34.7 Å². The summed E-state index contributed by atoms with van der Waals surface area (Å²) in [6.45, 7) is 5.98. The van der Waals surface area contributed by atoms with Crippen LogP contribution in [-0.4, -0.2) is 9.97 Å². The Bertz CT molecular complexity index is 607. The zero-order chi connectivity index (χ0) is 14.7. The number of aromatic nitrogens is 2. The van der Waals surface area contributed by atoms with Crippen molar-refractivity contribution in [2.45, 2.75) is 33.6 Å². The van der Waals surface area contributed by atoms with Crippen LogP contribution in [0.15, 0.2) is 18.2 Å². The maximum Gasteiger partial charge on any atom is 0.138 e. The minimum absolute atomic E-state index is 0.482. The van der Waals surface area contributed by atoms with E-state index in [9.17, 15) is 0 Å². The molecule has 0 unspecified atom stereocenters. The van der Waals surface area contributed by atoms with Crippen LogP contribution in [0.2, 0.25) is 10.2 Å². The van der Waals surface area contributed by atoms with Gasteiger partial charge in [0.1, 0.15) is 16.8 Å². The average Bonchev–Trinajstić information content (AvgIpc) is 2.39. The van der Waals surface area contributed by atoms with Gasteiger partial charge < -0.3 is 5.32 Å². The molecule has 20 heavy (non-hydrogen) atoms. The van der Waals surface area contributed by atoms with Crippen molar-refractivity contribution in [1.29, 1.82) is 0 Å². The van der Waals surface area contributed by atoms with Crippen molar-refractivity contribution < 1.29 is 0 Å². The number of benzene rings is 1. The van der Waals surface area contributed by atoms with Gasteiger partial charge in [0.05, 0.1) is 10.7 Å². The number of hydrogen-bond donors (Lipinski definition) is 1. The lowest BCUT2D eigenvalue weighted by atomic mass is 10.2. The average molecular weight is 310 g/mol. The standard InChI is InChI=1S/C15H17Cl2N3/c1-4-6-12-18-14(17)10(3)15(19-12)20-13-9(2)7-5-8-11(13)16/h5,7-8H,4,6H2,1-3H3,(H,18,19,20). The Hall–Kier alpha value is -1.32. The van der Waals surface area contributed by atoms with Gasteiger partial charge in [-0.3, -0.25) is 0 Å². The first-order valence-corrected chi connectivity index (χ1v) is 7.33. The summed E-state index contributed by atoms with van der Waals surface area (Å²) < 4.78 is 0. The summed E-state index contributed by atoms with van der Waals surface area (Å²) in [5.41, 5.74) is 2.74. The molecule has 0 bridgehead atoms. The van der Waals surface area contributed by atoms with Crippen LogP contribution >= 0.6 is 23.2 Å². The van der Waals surface area contributed by atoms with Gasteiger partial charge >= 0.3 is 0 Å². The first kappa shape index (κ1) is 15.1. The normalized spacial score (nSPS) is 10.7. The molecular weight excluding hydrogens is 293 g/mol. The highest BCUT2D eigenvalue weighted by Gasteiger charge is 2.12. The third kappa shape index (κ3) is 3.22. The predicted octanol–water partition coefficient (Wildman–Crippen LogP) is 5.10. The molecule has 1 N–H and O–H groups in total. The van der Waals surface area contributed by atoms with Crippen LogP contribution in [0, 0.1) is 13.8 Å². The topological polar surface area (TPSA) is 37.8 Å². The van der Waals surface area contributed by atoms with E-state index in [1.165, 1.54) is 0 Å². The van der Waals surface area contributed by atoms with Crippen molar-refractivity contribution in [2.24, 2.45) is 0 Å². The summed E-state index contributed by atoms with van der Waals surface area (Å²) in [6, 6.07) is 5.77. The summed E-state index contributed by atoms with van der Waals surface area (Å²) in [4.78, 5) is 8.83. The molecule has 106 valence electrons. The Morgan fingerprint density at radius 2 is 1.90 bits per heavy atom. The molecular formula is C15H17Cl2N3. The molecule has 0 radical (unpaired) electrons. The number of anilines is 2. The molecule has 5 heteroatoms. The van der Waals surface area contributed by atoms with Crippen molar-refractivity contribution in [3.63, 3.8) is 0 Å². The fourth-order valence-electron chi connectivity index (χ4n) is 1.90. The van der Waals surface area contributed by atoms with E-state index in [-0.39, 0.29) is 0 Å². The maximum absolute atomic E-state index is 6.23. The smallest absolute Gasteiger partial charge is 0.138 e. The molecule has 0 amide bonds. The Morgan fingerprint density at radius 3 is 2.55 bits per heavy atom. The van der Waals surface area contributed by atoms with Gasteiger partial charge in [-0.25, -0.2) is 9.97 Å². The Balaban J connectivity index is 2.42. The van der Waals surface area contributed by atoms with Crippen molar-refractivity contribution in [3.8, 4) is 0 Å². The quantitative estimate of drug-likeness (QED) is 0.799. The number of halogens is 2. The maximum atomic E-state index is 6.23. The highest BCUT2D eigenvalue weighted by atomic mass is 35.5. The zero-order valence-electron chi connectivity index (χ0n) is 11.8. The molecule has 0 fully saturated rings. The number of nitrogens with zero attached hydrogens (tertiary/aromatic N) is 2. The first-order valence-electron chi connectivity index (χ1n) is 6.58. The van der Waals surface area contributed by atoms with E-state index in [0.717, 1.165) is 35.5 Å². The second-order valence-corrected chi connectivity index (χ2v) is 5.48. The molecule has 1 heterocycles. The van der Waals surface area contributed by atoms with Gasteiger partial charge in [-0.15, -0.1) is 0 Å². The Labute approximate surface area is 129 Å². The lowest BCUT2D eigenvalue weighted by molar-refractivity contribution is 0.833. The molecule has 0 aliphatic heterocycles. The van der Waals surface area contributed by atoms with Crippen LogP contribution in [0.3, 0.4) is 0 Å². The van der Waals surface area contributed by atoms with E-state index in [1.807, 2.05) is 32.0 Å². The highest BCUT2D eigenvalue weighted by molar-refractivity contribution is 6.33. The molecule has 0 atom stereocenters. The molecule has 2 aromatic rings. The summed E-state index contributed by atoms with van der Waals surface area (Å²) >= 11 is 12.4. The zero-order valence-corrected chi connectivity index (χ0v) is 13.3. The summed E-state index contributed by atoms with van der Waals surface area (Å²) in [5.74, 6) is 1.46. The molecule has 2 rings (SSSR count).